The molecular weight excluding hydrogens is 477 g/mol. The summed E-state index contributed by atoms with van der Waals surface area (Å²) >= 11 is 0. The first-order valence-electron chi connectivity index (χ1n) is 11.8. The Morgan fingerprint density at radius 1 is 0.892 bits per heavy atom. The van der Waals surface area contributed by atoms with E-state index in [9.17, 15) is 19.1 Å². The van der Waals surface area contributed by atoms with Gasteiger partial charge in [0.25, 0.3) is 0 Å². The summed E-state index contributed by atoms with van der Waals surface area (Å²) in [7, 11) is 0. The van der Waals surface area contributed by atoms with Crippen molar-refractivity contribution in [3.63, 3.8) is 0 Å². The molecule has 1 aromatic heterocycles. The van der Waals surface area contributed by atoms with Crippen LogP contribution in [0.4, 0.5) is 9.18 Å². The first-order valence-corrected chi connectivity index (χ1v) is 11.8. The van der Waals surface area contributed by atoms with Crippen LogP contribution < -0.4 is 10.1 Å². The second kappa shape index (κ2) is 10.6. The first kappa shape index (κ1) is 24.1. The predicted molar refractivity (Wildman–Crippen MR) is 133 cm³/mol. The zero-order valence-electron chi connectivity index (χ0n) is 19.7. The van der Waals surface area contributed by atoms with Gasteiger partial charge in [0.2, 0.25) is 0 Å². The monoisotopic (exact) mass is 501 g/mol. The molecule has 1 atom stereocenters. The molecule has 4 aromatic rings. The van der Waals surface area contributed by atoms with Crippen molar-refractivity contribution in [2.24, 2.45) is 0 Å². The zero-order valence-corrected chi connectivity index (χ0v) is 19.7. The topological polar surface area (TPSA) is 98.0 Å². The van der Waals surface area contributed by atoms with Crippen LogP contribution in [0.5, 0.6) is 5.75 Å². The highest BCUT2D eigenvalue weighted by Gasteiger charge is 2.30. The Bertz CT molecular complexity index is 1370. The molecule has 0 saturated carbocycles. The van der Waals surface area contributed by atoms with Crippen molar-refractivity contribution in [1.29, 1.82) is 0 Å². The first-order chi connectivity index (χ1) is 18.0. The number of hydrogen-bond acceptors (Lipinski definition) is 5. The van der Waals surface area contributed by atoms with E-state index in [4.69, 9.17) is 13.9 Å². The van der Waals surface area contributed by atoms with Gasteiger partial charge < -0.3 is 24.3 Å². The van der Waals surface area contributed by atoms with Gasteiger partial charge in [0.15, 0.2) is 0 Å². The average Bonchev–Trinajstić information content (AvgIpc) is 3.49. The number of benzene rings is 3. The van der Waals surface area contributed by atoms with E-state index in [1.165, 1.54) is 24.3 Å². The van der Waals surface area contributed by atoms with E-state index in [1.807, 2.05) is 48.5 Å². The Hall–Kier alpha value is -4.59. The Kier molecular flexibility index (Phi) is 6.89. The number of carbonyl (C=O) groups excluding carboxylic acids is 1. The van der Waals surface area contributed by atoms with E-state index >= 15 is 0 Å². The van der Waals surface area contributed by atoms with E-state index in [0.29, 0.717) is 17.3 Å². The molecule has 8 heteroatoms. The van der Waals surface area contributed by atoms with Gasteiger partial charge in [-0.25, -0.2) is 14.0 Å². The second-order valence-corrected chi connectivity index (χ2v) is 8.68. The van der Waals surface area contributed by atoms with Crippen molar-refractivity contribution < 1.29 is 33.0 Å². The Morgan fingerprint density at radius 3 is 2.16 bits per heavy atom. The number of ether oxygens (including phenoxy) is 2. The third-order valence-electron chi connectivity index (χ3n) is 6.25. The minimum Gasteiger partial charge on any atom is -0.486 e. The van der Waals surface area contributed by atoms with Crippen LogP contribution in [0.15, 0.2) is 89.3 Å². The molecule has 0 bridgehead atoms. The number of carbonyl (C=O) groups is 2. The number of halogens is 1. The highest BCUT2D eigenvalue weighted by atomic mass is 19.1. The zero-order chi connectivity index (χ0) is 25.8. The normalized spacial score (nSPS) is 12.9. The van der Waals surface area contributed by atoms with E-state index in [1.54, 1.807) is 12.1 Å². The molecule has 7 nitrogen and oxygen atoms in total. The van der Waals surface area contributed by atoms with Crippen molar-refractivity contribution in [2.75, 3.05) is 6.61 Å². The molecule has 188 valence electrons. The van der Waals surface area contributed by atoms with Gasteiger partial charge in [0, 0.05) is 12.3 Å². The Morgan fingerprint density at radius 2 is 1.51 bits per heavy atom. The fourth-order valence-electron chi connectivity index (χ4n) is 4.48. The van der Waals surface area contributed by atoms with Crippen LogP contribution in [0.1, 0.15) is 28.6 Å². The van der Waals surface area contributed by atoms with Crippen molar-refractivity contribution in [3.05, 3.63) is 113 Å². The van der Waals surface area contributed by atoms with Crippen LogP contribution in [0.2, 0.25) is 0 Å². The highest BCUT2D eigenvalue weighted by Crippen LogP contribution is 2.44. The maximum Gasteiger partial charge on any atom is 0.407 e. The Balaban J connectivity index is 1.17. The number of rotatable bonds is 9. The third kappa shape index (κ3) is 5.48. The molecule has 37 heavy (non-hydrogen) atoms. The number of fused-ring (bicyclic) bond motifs is 3. The molecule has 1 amide bonds. The molecule has 1 aliphatic rings. The van der Waals surface area contributed by atoms with Gasteiger partial charge in [-0.3, -0.25) is 0 Å². The maximum absolute atomic E-state index is 13.0. The molecule has 0 fully saturated rings. The van der Waals surface area contributed by atoms with E-state index < -0.39 is 18.1 Å². The lowest BCUT2D eigenvalue weighted by Gasteiger charge is -2.17. The number of furan rings is 1. The number of carboxylic acids is 1. The lowest BCUT2D eigenvalue weighted by atomic mass is 9.98. The van der Waals surface area contributed by atoms with Gasteiger partial charge in [0.1, 0.15) is 42.3 Å². The molecule has 1 unspecified atom stereocenters. The lowest BCUT2D eigenvalue weighted by molar-refractivity contribution is -0.139. The summed E-state index contributed by atoms with van der Waals surface area (Å²) in [5, 5.41) is 12.1. The van der Waals surface area contributed by atoms with E-state index in [-0.39, 0.29) is 31.4 Å². The van der Waals surface area contributed by atoms with Gasteiger partial charge in [0.05, 0.1) is 0 Å². The standard InChI is InChI=1S/C29H24FNO6/c30-18-9-11-19(12-10-18)35-16-21-14-13-20(37-21)15-27(28(32)33)31-29(34)36-17-26-24-7-3-1-5-22(24)23-6-2-4-8-25(23)26/h1-14,26-27H,15-17H2,(H,31,34)(H,32,33). The number of aliphatic carboxylic acids is 1. The number of alkyl carbamates (subject to hydrolysis) is 1. The Labute approximate surface area is 212 Å². The fraction of sp³-hybridized carbons (Fsp3) is 0.172. The van der Waals surface area contributed by atoms with Crippen molar-refractivity contribution in [3.8, 4) is 16.9 Å². The molecule has 1 aliphatic carbocycles. The summed E-state index contributed by atoms with van der Waals surface area (Å²) in [4.78, 5) is 24.3. The molecule has 0 radical (unpaired) electrons. The number of amides is 1. The van der Waals surface area contributed by atoms with Gasteiger partial charge in [-0.15, -0.1) is 0 Å². The van der Waals surface area contributed by atoms with Gasteiger partial charge >= 0.3 is 12.1 Å². The summed E-state index contributed by atoms with van der Waals surface area (Å²) in [5.41, 5.74) is 4.34. The number of hydrogen-bond donors (Lipinski definition) is 2. The van der Waals surface area contributed by atoms with Crippen LogP contribution in [0.3, 0.4) is 0 Å². The minimum atomic E-state index is -1.24. The van der Waals surface area contributed by atoms with Crippen LogP contribution in [0.25, 0.3) is 11.1 Å². The molecule has 0 aliphatic heterocycles. The van der Waals surface area contributed by atoms with Crippen LogP contribution in [-0.2, 0) is 22.6 Å². The third-order valence-corrected chi connectivity index (χ3v) is 6.25. The fourth-order valence-corrected chi connectivity index (χ4v) is 4.48. The maximum atomic E-state index is 13.0. The van der Waals surface area contributed by atoms with E-state index in [0.717, 1.165) is 22.3 Å². The molecule has 3 aromatic carbocycles. The van der Waals surface area contributed by atoms with Crippen LogP contribution >= 0.6 is 0 Å². The van der Waals surface area contributed by atoms with Gasteiger partial charge in [-0.05, 0) is 58.7 Å². The van der Waals surface area contributed by atoms with Crippen molar-refractivity contribution in [1.82, 2.24) is 5.32 Å². The SMILES string of the molecule is O=C(NC(Cc1ccc(COc2ccc(F)cc2)o1)C(=O)O)OCC1c2ccccc2-c2ccccc21. The van der Waals surface area contributed by atoms with Crippen LogP contribution in [0, 0.1) is 5.82 Å². The molecule has 1 heterocycles. The second-order valence-electron chi connectivity index (χ2n) is 8.68. The molecule has 2 N–H and O–H groups in total. The molecule has 0 spiro atoms. The summed E-state index contributed by atoms with van der Waals surface area (Å²) in [6, 6.07) is 23.5. The number of nitrogens with one attached hydrogen (secondary N) is 1. The average molecular weight is 502 g/mol. The molecule has 5 rings (SSSR count). The smallest absolute Gasteiger partial charge is 0.407 e. The van der Waals surface area contributed by atoms with E-state index in [2.05, 4.69) is 5.32 Å². The summed E-state index contributed by atoms with van der Waals surface area (Å²) < 4.78 is 29.7. The summed E-state index contributed by atoms with van der Waals surface area (Å²) in [5.74, 6) is -0.409. The minimum absolute atomic E-state index is 0.0733. The van der Waals surface area contributed by atoms with Gasteiger partial charge in [-0.1, -0.05) is 48.5 Å². The lowest BCUT2D eigenvalue weighted by Crippen LogP contribution is -2.42. The molecule has 0 saturated heterocycles. The molecular formula is C29H24FNO6. The van der Waals surface area contributed by atoms with Crippen molar-refractivity contribution in [2.45, 2.75) is 25.0 Å². The van der Waals surface area contributed by atoms with Gasteiger partial charge in [-0.2, -0.15) is 0 Å². The number of carboxylic acid groups (broad SMARTS) is 1. The summed E-state index contributed by atoms with van der Waals surface area (Å²) in [6.45, 7) is 0.168. The highest BCUT2D eigenvalue weighted by molar-refractivity contribution is 5.81. The predicted octanol–water partition coefficient (Wildman–Crippen LogP) is 5.53. The quantitative estimate of drug-likeness (QED) is 0.313. The largest absolute Gasteiger partial charge is 0.486 e. The van der Waals surface area contributed by atoms with Crippen molar-refractivity contribution >= 4 is 12.1 Å². The summed E-state index contributed by atoms with van der Waals surface area (Å²) in [6.07, 6.45) is -0.892. The van der Waals surface area contributed by atoms with Crippen LogP contribution in [-0.4, -0.2) is 29.8 Å².